The molecule has 0 fully saturated rings. The zero-order valence-corrected chi connectivity index (χ0v) is 12.3. The Morgan fingerprint density at radius 1 is 1.21 bits per heavy atom. The summed E-state index contributed by atoms with van der Waals surface area (Å²) in [7, 11) is 1.38. The minimum atomic E-state index is -0.370. The van der Waals surface area contributed by atoms with Gasteiger partial charge in [-0.3, -0.25) is 0 Å². The van der Waals surface area contributed by atoms with Crippen LogP contribution in [-0.2, 0) is 4.74 Å². The van der Waals surface area contributed by atoms with Crippen molar-refractivity contribution in [1.29, 1.82) is 0 Å². The van der Waals surface area contributed by atoms with Gasteiger partial charge in [0.1, 0.15) is 11.3 Å². The minimum absolute atomic E-state index is 0.370. The van der Waals surface area contributed by atoms with Gasteiger partial charge >= 0.3 is 5.97 Å². The Kier molecular flexibility index (Phi) is 4.80. The van der Waals surface area contributed by atoms with E-state index in [0.717, 1.165) is 22.5 Å². The molecular weight excluding hydrogens is 308 g/mol. The molecule has 0 unspecified atom stereocenters. The number of esters is 1. The first-order valence-corrected chi connectivity index (χ1v) is 7.19. The number of ether oxygens (including phenoxy) is 2. The van der Waals surface area contributed by atoms with E-state index >= 15 is 0 Å². The lowest BCUT2D eigenvalue weighted by Crippen LogP contribution is -2.07. The lowest BCUT2D eigenvalue weighted by Gasteiger charge is -2.12. The number of alkyl halides is 1. The average Bonchev–Trinajstić information content (AvgIpc) is 2.46. The van der Waals surface area contributed by atoms with Crippen LogP contribution >= 0.6 is 15.9 Å². The van der Waals surface area contributed by atoms with Crippen molar-refractivity contribution in [2.24, 2.45) is 0 Å². The van der Waals surface area contributed by atoms with E-state index in [4.69, 9.17) is 9.47 Å². The Morgan fingerprint density at radius 3 is 2.74 bits per heavy atom. The Morgan fingerprint density at radius 2 is 2.00 bits per heavy atom. The third kappa shape index (κ3) is 3.07. The van der Waals surface area contributed by atoms with E-state index in [2.05, 4.69) is 15.9 Å². The van der Waals surface area contributed by atoms with Crippen LogP contribution in [0.15, 0.2) is 36.4 Å². The van der Waals surface area contributed by atoms with Crippen LogP contribution in [0.2, 0.25) is 0 Å². The summed E-state index contributed by atoms with van der Waals surface area (Å²) >= 11 is 3.35. The van der Waals surface area contributed by atoms with Crippen molar-refractivity contribution in [3.05, 3.63) is 42.0 Å². The highest BCUT2D eigenvalue weighted by atomic mass is 79.9. The summed E-state index contributed by atoms with van der Waals surface area (Å²) in [5, 5.41) is 2.72. The monoisotopic (exact) mass is 322 g/mol. The number of methoxy groups -OCH3 is 1. The summed E-state index contributed by atoms with van der Waals surface area (Å²) in [4.78, 5) is 12.0. The van der Waals surface area contributed by atoms with Crippen LogP contribution in [0.1, 0.15) is 16.8 Å². The molecule has 0 saturated heterocycles. The normalized spacial score (nSPS) is 10.4. The molecule has 19 heavy (non-hydrogen) atoms. The molecule has 2 aromatic rings. The Balaban J connectivity index is 2.47. The molecule has 0 saturated carbocycles. The largest absolute Gasteiger partial charge is 0.493 e. The molecule has 0 aliphatic heterocycles. The smallest absolute Gasteiger partial charge is 0.342 e. The fraction of sp³-hybridized carbons (Fsp3) is 0.267. The first-order chi connectivity index (χ1) is 9.27. The first-order valence-electron chi connectivity index (χ1n) is 6.06. The van der Waals surface area contributed by atoms with Gasteiger partial charge in [0.05, 0.1) is 13.7 Å². The second-order valence-corrected chi connectivity index (χ2v) is 4.84. The summed E-state index contributed by atoms with van der Waals surface area (Å²) in [5.41, 5.74) is 0.496. The molecule has 0 atom stereocenters. The average molecular weight is 323 g/mol. The molecule has 2 aromatic carbocycles. The van der Waals surface area contributed by atoms with E-state index in [1.54, 1.807) is 0 Å². The van der Waals surface area contributed by atoms with E-state index in [9.17, 15) is 4.79 Å². The van der Waals surface area contributed by atoms with Crippen molar-refractivity contribution in [3.8, 4) is 5.75 Å². The molecule has 2 rings (SSSR count). The number of halogens is 1. The molecule has 100 valence electrons. The third-order valence-corrected chi connectivity index (χ3v) is 3.38. The topological polar surface area (TPSA) is 35.5 Å². The second-order valence-electron chi connectivity index (χ2n) is 4.04. The maximum Gasteiger partial charge on any atom is 0.342 e. The van der Waals surface area contributed by atoms with E-state index in [0.29, 0.717) is 17.9 Å². The molecule has 0 aliphatic rings. The van der Waals surface area contributed by atoms with Crippen LogP contribution in [-0.4, -0.2) is 25.0 Å². The Bertz CT molecular complexity index is 581. The van der Waals surface area contributed by atoms with E-state index in [1.807, 2.05) is 36.4 Å². The molecule has 0 heterocycles. The summed E-state index contributed by atoms with van der Waals surface area (Å²) < 4.78 is 10.5. The molecule has 0 radical (unpaired) electrons. The van der Waals surface area contributed by atoms with Crippen molar-refractivity contribution in [3.63, 3.8) is 0 Å². The van der Waals surface area contributed by atoms with Gasteiger partial charge in [-0.25, -0.2) is 4.79 Å². The van der Waals surface area contributed by atoms with Gasteiger partial charge in [0.2, 0.25) is 0 Å². The van der Waals surface area contributed by atoms with E-state index in [-0.39, 0.29) is 5.97 Å². The highest BCUT2D eigenvalue weighted by Gasteiger charge is 2.16. The summed E-state index contributed by atoms with van der Waals surface area (Å²) in [6.45, 7) is 0.563. The number of hydrogen-bond acceptors (Lipinski definition) is 3. The molecule has 0 aliphatic carbocycles. The fourth-order valence-corrected chi connectivity index (χ4v) is 2.15. The number of benzene rings is 2. The molecular formula is C15H15BrO3. The standard InChI is InChI=1S/C15H15BrO3/c1-18-15(17)14-12-6-3-2-5-11(12)7-8-13(14)19-10-4-9-16/h2-3,5-8H,4,9-10H2,1H3. The zero-order chi connectivity index (χ0) is 13.7. The van der Waals surface area contributed by atoms with Crippen LogP contribution in [0.5, 0.6) is 5.75 Å². The SMILES string of the molecule is COC(=O)c1c(OCCCBr)ccc2ccccc12. The van der Waals surface area contributed by atoms with Crippen LogP contribution in [0.4, 0.5) is 0 Å². The predicted molar refractivity (Wildman–Crippen MR) is 79.2 cm³/mol. The van der Waals surface area contributed by atoms with Crippen LogP contribution in [0.25, 0.3) is 10.8 Å². The molecule has 0 spiro atoms. The van der Waals surface area contributed by atoms with Gasteiger partial charge in [0, 0.05) is 5.33 Å². The van der Waals surface area contributed by atoms with Gasteiger partial charge in [0.15, 0.2) is 0 Å². The van der Waals surface area contributed by atoms with Crippen molar-refractivity contribution in [1.82, 2.24) is 0 Å². The van der Waals surface area contributed by atoms with Gasteiger partial charge in [-0.15, -0.1) is 0 Å². The van der Waals surface area contributed by atoms with Gasteiger partial charge in [-0.2, -0.15) is 0 Å². The van der Waals surface area contributed by atoms with Crippen molar-refractivity contribution in [2.75, 3.05) is 19.0 Å². The summed E-state index contributed by atoms with van der Waals surface area (Å²) in [5.74, 6) is 0.206. The number of carbonyl (C=O) groups is 1. The number of hydrogen-bond donors (Lipinski definition) is 0. The van der Waals surface area contributed by atoms with E-state index in [1.165, 1.54) is 7.11 Å². The Hall–Kier alpha value is -1.55. The second kappa shape index (κ2) is 6.57. The molecule has 0 bridgehead atoms. The third-order valence-electron chi connectivity index (χ3n) is 2.82. The van der Waals surface area contributed by atoms with Crippen LogP contribution in [0.3, 0.4) is 0 Å². The number of carbonyl (C=O) groups excluding carboxylic acids is 1. The molecule has 4 heteroatoms. The number of rotatable bonds is 5. The van der Waals surface area contributed by atoms with Crippen molar-refractivity contribution < 1.29 is 14.3 Å². The van der Waals surface area contributed by atoms with E-state index < -0.39 is 0 Å². The highest BCUT2D eigenvalue weighted by Crippen LogP contribution is 2.28. The zero-order valence-electron chi connectivity index (χ0n) is 10.7. The molecule has 0 amide bonds. The maximum absolute atomic E-state index is 12.0. The fourth-order valence-electron chi connectivity index (χ4n) is 1.92. The van der Waals surface area contributed by atoms with Crippen LogP contribution in [0, 0.1) is 0 Å². The quantitative estimate of drug-likeness (QED) is 0.477. The lowest BCUT2D eigenvalue weighted by atomic mass is 10.0. The van der Waals surface area contributed by atoms with Crippen molar-refractivity contribution in [2.45, 2.75) is 6.42 Å². The lowest BCUT2D eigenvalue weighted by molar-refractivity contribution is 0.0598. The maximum atomic E-state index is 12.0. The van der Waals surface area contributed by atoms with Gasteiger partial charge in [0.25, 0.3) is 0 Å². The minimum Gasteiger partial charge on any atom is -0.493 e. The van der Waals surface area contributed by atoms with Crippen LogP contribution < -0.4 is 4.74 Å². The van der Waals surface area contributed by atoms with Gasteiger partial charge in [-0.05, 0) is 23.3 Å². The van der Waals surface area contributed by atoms with Crippen molar-refractivity contribution >= 4 is 32.7 Å². The predicted octanol–water partition coefficient (Wildman–Crippen LogP) is 3.79. The molecule has 3 nitrogen and oxygen atoms in total. The number of fused-ring (bicyclic) bond motifs is 1. The Labute approximate surface area is 120 Å². The first kappa shape index (κ1) is 13.9. The summed E-state index contributed by atoms with van der Waals surface area (Å²) in [6.07, 6.45) is 0.882. The highest BCUT2D eigenvalue weighted by molar-refractivity contribution is 9.09. The molecule has 0 N–H and O–H groups in total. The molecule has 0 aromatic heterocycles. The van der Waals surface area contributed by atoms with Gasteiger partial charge < -0.3 is 9.47 Å². The van der Waals surface area contributed by atoms with Gasteiger partial charge in [-0.1, -0.05) is 46.3 Å². The summed E-state index contributed by atoms with van der Waals surface area (Å²) in [6, 6.07) is 11.5.